The molecular formula is C21H19BrN2O3S2. The second kappa shape index (κ2) is 10.0. The normalized spacial score (nSPS) is 15.1. The third kappa shape index (κ3) is 5.68. The van der Waals surface area contributed by atoms with E-state index in [-0.39, 0.29) is 24.8 Å². The van der Waals surface area contributed by atoms with E-state index >= 15 is 0 Å². The zero-order valence-corrected chi connectivity index (χ0v) is 18.9. The Bertz CT molecular complexity index is 978. The van der Waals surface area contributed by atoms with Crippen molar-refractivity contribution in [2.45, 2.75) is 13.3 Å². The first-order chi connectivity index (χ1) is 14.0. The topological polar surface area (TPSA) is 58.6 Å². The molecule has 5 nitrogen and oxygen atoms in total. The monoisotopic (exact) mass is 490 g/mol. The number of nitrogens with zero attached hydrogens (tertiary/aromatic N) is 1. The van der Waals surface area contributed by atoms with Crippen LogP contribution >= 0.6 is 39.9 Å². The second-order valence-electron chi connectivity index (χ2n) is 6.12. The van der Waals surface area contributed by atoms with Crippen molar-refractivity contribution < 1.29 is 14.3 Å². The minimum absolute atomic E-state index is 0.136. The summed E-state index contributed by atoms with van der Waals surface area (Å²) in [4.78, 5) is 27.1. The summed E-state index contributed by atoms with van der Waals surface area (Å²) in [5.74, 6) is 0.232. The van der Waals surface area contributed by atoms with Gasteiger partial charge in [-0.3, -0.25) is 14.5 Å². The first-order valence-electron chi connectivity index (χ1n) is 9.00. The van der Waals surface area contributed by atoms with Gasteiger partial charge in [0.2, 0.25) is 5.91 Å². The number of carbonyl (C=O) groups is 2. The minimum atomic E-state index is -0.206. The maximum Gasteiger partial charge on any atom is 0.266 e. The van der Waals surface area contributed by atoms with Gasteiger partial charge in [0.05, 0.1) is 17.2 Å². The number of para-hydroxylation sites is 2. The van der Waals surface area contributed by atoms with Crippen LogP contribution in [0, 0.1) is 0 Å². The van der Waals surface area contributed by atoms with Gasteiger partial charge in [-0.15, -0.1) is 0 Å². The summed E-state index contributed by atoms with van der Waals surface area (Å²) in [5.41, 5.74) is 1.52. The number of amides is 2. The molecule has 0 bridgehead atoms. The standard InChI is InChI=1S/C21H19BrN2O3S2/c1-2-27-17-9-4-3-8-16(17)23-19(25)10-11-24-20(26)18(29-21(24)28)13-14-6-5-7-15(22)12-14/h3-9,12-13H,2,10-11H2,1H3,(H,23,25). The molecule has 29 heavy (non-hydrogen) atoms. The van der Waals surface area contributed by atoms with Crippen LogP contribution in [-0.2, 0) is 9.59 Å². The fourth-order valence-corrected chi connectivity index (χ4v) is 4.44. The van der Waals surface area contributed by atoms with Gasteiger partial charge >= 0.3 is 0 Å². The molecule has 2 aromatic carbocycles. The van der Waals surface area contributed by atoms with Crippen molar-refractivity contribution in [2.75, 3.05) is 18.5 Å². The van der Waals surface area contributed by atoms with Gasteiger partial charge in [-0.25, -0.2) is 0 Å². The number of halogens is 1. The Balaban J connectivity index is 1.61. The molecule has 1 N–H and O–H groups in total. The number of nitrogens with one attached hydrogen (secondary N) is 1. The Labute approximate surface area is 187 Å². The van der Waals surface area contributed by atoms with E-state index in [2.05, 4.69) is 21.2 Å². The van der Waals surface area contributed by atoms with Gasteiger partial charge in [0.15, 0.2) is 0 Å². The number of hydrogen-bond acceptors (Lipinski definition) is 5. The van der Waals surface area contributed by atoms with Crippen LogP contribution in [0.5, 0.6) is 5.75 Å². The lowest BCUT2D eigenvalue weighted by Gasteiger charge is -2.15. The third-order valence-electron chi connectivity index (χ3n) is 4.04. The number of benzene rings is 2. The lowest BCUT2D eigenvalue weighted by atomic mass is 10.2. The average Bonchev–Trinajstić information content (AvgIpc) is 2.95. The molecule has 0 radical (unpaired) electrons. The minimum Gasteiger partial charge on any atom is -0.492 e. The first kappa shape index (κ1) is 21.5. The van der Waals surface area contributed by atoms with Crippen molar-refractivity contribution in [1.29, 1.82) is 0 Å². The largest absolute Gasteiger partial charge is 0.492 e. The van der Waals surface area contributed by atoms with E-state index in [1.54, 1.807) is 12.1 Å². The molecule has 2 amide bonds. The molecule has 1 saturated heterocycles. The molecular weight excluding hydrogens is 472 g/mol. The van der Waals surface area contributed by atoms with Gasteiger partial charge in [-0.2, -0.15) is 0 Å². The van der Waals surface area contributed by atoms with Gasteiger partial charge in [-0.05, 0) is 42.8 Å². The van der Waals surface area contributed by atoms with E-state index in [0.29, 0.717) is 27.3 Å². The Morgan fingerprint density at radius 1 is 1.28 bits per heavy atom. The van der Waals surface area contributed by atoms with Crippen molar-refractivity contribution in [1.82, 2.24) is 4.90 Å². The number of anilines is 1. The number of thiocarbonyl (C=S) groups is 1. The highest BCUT2D eigenvalue weighted by molar-refractivity contribution is 9.10. The zero-order valence-electron chi connectivity index (χ0n) is 15.7. The molecule has 1 aliphatic rings. The molecule has 0 saturated carbocycles. The van der Waals surface area contributed by atoms with Crippen LogP contribution < -0.4 is 10.1 Å². The molecule has 1 aliphatic heterocycles. The van der Waals surface area contributed by atoms with E-state index < -0.39 is 0 Å². The van der Waals surface area contributed by atoms with Gasteiger partial charge in [-0.1, -0.05) is 64.2 Å². The Morgan fingerprint density at radius 2 is 2.07 bits per heavy atom. The molecule has 3 rings (SSSR count). The summed E-state index contributed by atoms with van der Waals surface area (Å²) in [7, 11) is 0. The molecule has 0 spiro atoms. The van der Waals surface area contributed by atoms with Crippen LogP contribution in [0.25, 0.3) is 6.08 Å². The number of hydrogen-bond donors (Lipinski definition) is 1. The van der Waals surface area contributed by atoms with Gasteiger partial charge < -0.3 is 10.1 Å². The Kier molecular flexibility index (Phi) is 7.46. The molecule has 2 aromatic rings. The molecule has 150 valence electrons. The molecule has 0 unspecified atom stereocenters. The fourth-order valence-electron chi connectivity index (χ4n) is 2.72. The molecule has 0 aromatic heterocycles. The number of thioether (sulfide) groups is 1. The van der Waals surface area contributed by atoms with Crippen LogP contribution in [0.1, 0.15) is 18.9 Å². The van der Waals surface area contributed by atoms with Crippen molar-refractivity contribution >= 4 is 67.8 Å². The second-order valence-corrected chi connectivity index (χ2v) is 8.71. The summed E-state index contributed by atoms with van der Waals surface area (Å²) in [6, 6.07) is 14.9. The SMILES string of the molecule is CCOc1ccccc1NC(=O)CCN1C(=O)C(=Cc2cccc(Br)c2)SC1=S. The van der Waals surface area contributed by atoms with E-state index in [0.717, 1.165) is 10.0 Å². The van der Waals surface area contributed by atoms with Crippen molar-refractivity contribution in [3.05, 3.63) is 63.5 Å². The number of carbonyl (C=O) groups excluding carboxylic acids is 2. The van der Waals surface area contributed by atoms with Crippen LogP contribution in [-0.4, -0.2) is 34.2 Å². The highest BCUT2D eigenvalue weighted by atomic mass is 79.9. The maximum absolute atomic E-state index is 12.7. The molecule has 1 heterocycles. The maximum atomic E-state index is 12.7. The van der Waals surface area contributed by atoms with E-state index in [1.165, 1.54) is 16.7 Å². The van der Waals surface area contributed by atoms with Crippen LogP contribution in [0.4, 0.5) is 5.69 Å². The molecule has 1 fully saturated rings. The molecule has 0 aliphatic carbocycles. The highest BCUT2D eigenvalue weighted by Crippen LogP contribution is 2.33. The average molecular weight is 491 g/mol. The summed E-state index contributed by atoms with van der Waals surface area (Å²) >= 11 is 10.0. The first-order valence-corrected chi connectivity index (χ1v) is 11.0. The Morgan fingerprint density at radius 3 is 2.83 bits per heavy atom. The van der Waals surface area contributed by atoms with Crippen LogP contribution in [0.15, 0.2) is 57.9 Å². The predicted molar refractivity (Wildman–Crippen MR) is 125 cm³/mol. The summed E-state index contributed by atoms with van der Waals surface area (Å²) in [6.45, 7) is 2.62. The Hall–Kier alpha value is -2.16. The summed E-state index contributed by atoms with van der Waals surface area (Å²) in [6.07, 6.45) is 1.94. The predicted octanol–water partition coefficient (Wildman–Crippen LogP) is 5.08. The van der Waals surface area contributed by atoms with Gasteiger partial charge in [0, 0.05) is 17.4 Å². The fraction of sp³-hybridized carbons (Fsp3) is 0.190. The van der Waals surface area contributed by atoms with Crippen molar-refractivity contribution in [3.8, 4) is 5.75 Å². The van der Waals surface area contributed by atoms with Crippen molar-refractivity contribution in [3.63, 3.8) is 0 Å². The number of rotatable bonds is 7. The van der Waals surface area contributed by atoms with Gasteiger partial charge in [0.25, 0.3) is 5.91 Å². The van der Waals surface area contributed by atoms with E-state index in [4.69, 9.17) is 17.0 Å². The summed E-state index contributed by atoms with van der Waals surface area (Å²) in [5, 5.41) is 2.83. The lowest BCUT2D eigenvalue weighted by molar-refractivity contribution is -0.122. The van der Waals surface area contributed by atoms with Crippen LogP contribution in [0.3, 0.4) is 0 Å². The molecule has 0 atom stereocenters. The highest BCUT2D eigenvalue weighted by Gasteiger charge is 2.32. The smallest absolute Gasteiger partial charge is 0.266 e. The van der Waals surface area contributed by atoms with E-state index in [9.17, 15) is 9.59 Å². The zero-order chi connectivity index (χ0) is 20.8. The van der Waals surface area contributed by atoms with Crippen molar-refractivity contribution in [2.24, 2.45) is 0 Å². The quantitative estimate of drug-likeness (QED) is 0.433. The molecule has 8 heteroatoms. The summed E-state index contributed by atoms with van der Waals surface area (Å²) < 4.78 is 6.91. The number of ether oxygens (including phenoxy) is 1. The van der Waals surface area contributed by atoms with Crippen LogP contribution in [0.2, 0.25) is 0 Å². The lowest BCUT2D eigenvalue weighted by Crippen LogP contribution is -2.31. The third-order valence-corrected chi connectivity index (χ3v) is 5.91. The van der Waals surface area contributed by atoms with E-state index in [1.807, 2.05) is 49.4 Å². The van der Waals surface area contributed by atoms with Gasteiger partial charge in [0.1, 0.15) is 10.1 Å².